The molecule has 138 valence electrons. The lowest BCUT2D eigenvalue weighted by Crippen LogP contribution is -2.44. The molecule has 1 aliphatic heterocycles. The Morgan fingerprint density at radius 2 is 1.78 bits per heavy atom. The van der Waals surface area contributed by atoms with Crippen LogP contribution < -0.4 is 4.90 Å². The SMILES string of the molecule is CN1CCN(c2ccc(-c3cc(-c4cccc(C(=O)O)n4)[nH]n3)cc2)CC1. The van der Waals surface area contributed by atoms with Crippen LogP contribution in [-0.4, -0.2) is 64.4 Å². The van der Waals surface area contributed by atoms with E-state index in [0.717, 1.165) is 37.4 Å². The zero-order valence-electron chi connectivity index (χ0n) is 15.1. The Kier molecular flexibility index (Phi) is 4.60. The monoisotopic (exact) mass is 363 g/mol. The Bertz CT molecular complexity index is 943. The maximum Gasteiger partial charge on any atom is 0.354 e. The highest BCUT2D eigenvalue weighted by Gasteiger charge is 2.15. The molecule has 1 aromatic carbocycles. The van der Waals surface area contributed by atoms with Crippen LogP contribution in [0.1, 0.15) is 10.5 Å². The Labute approximate surface area is 157 Å². The van der Waals surface area contributed by atoms with E-state index in [9.17, 15) is 4.79 Å². The minimum absolute atomic E-state index is 0.0141. The van der Waals surface area contributed by atoms with Crippen LogP contribution in [0.3, 0.4) is 0 Å². The molecule has 4 rings (SSSR count). The summed E-state index contributed by atoms with van der Waals surface area (Å²) in [6, 6.07) is 15.2. The lowest BCUT2D eigenvalue weighted by atomic mass is 10.1. The number of pyridine rings is 1. The number of anilines is 1. The fraction of sp³-hybridized carbons (Fsp3) is 0.250. The van der Waals surface area contributed by atoms with Gasteiger partial charge in [-0.15, -0.1) is 0 Å². The lowest BCUT2D eigenvalue weighted by molar-refractivity contribution is 0.0690. The molecule has 0 unspecified atom stereocenters. The molecule has 1 saturated heterocycles. The number of carboxylic acids is 1. The Balaban J connectivity index is 1.53. The second-order valence-corrected chi connectivity index (χ2v) is 6.72. The molecule has 0 saturated carbocycles. The molecule has 2 N–H and O–H groups in total. The maximum atomic E-state index is 11.1. The van der Waals surface area contributed by atoms with Gasteiger partial charge in [-0.25, -0.2) is 9.78 Å². The molecular formula is C20H21N5O2. The Morgan fingerprint density at radius 3 is 2.48 bits per heavy atom. The number of rotatable bonds is 4. The number of H-pyrrole nitrogens is 1. The van der Waals surface area contributed by atoms with Crippen LogP contribution in [-0.2, 0) is 0 Å². The van der Waals surface area contributed by atoms with Crippen LogP contribution in [0.15, 0.2) is 48.5 Å². The minimum Gasteiger partial charge on any atom is -0.477 e. The van der Waals surface area contributed by atoms with E-state index in [-0.39, 0.29) is 5.69 Å². The standard InChI is InChI=1S/C20H21N5O2/c1-24-9-11-25(12-10-24)15-7-5-14(6-8-15)18-13-19(23-22-18)16-3-2-4-17(21-16)20(26)27/h2-8,13H,9-12H2,1H3,(H,22,23)(H,26,27). The van der Waals surface area contributed by atoms with Gasteiger partial charge in [0, 0.05) is 37.4 Å². The molecule has 0 aliphatic carbocycles. The van der Waals surface area contributed by atoms with Crippen LogP contribution in [0.5, 0.6) is 0 Å². The van der Waals surface area contributed by atoms with Gasteiger partial charge in [0.05, 0.1) is 17.1 Å². The normalized spacial score (nSPS) is 15.1. The zero-order valence-corrected chi connectivity index (χ0v) is 15.1. The third-order valence-electron chi connectivity index (χ3n) is 4.85. The number of nitrogens with one attached hydrogen (secondary N) is 1. The van der Waals surface area contributed by atoms with Gasteiger partial charge in [-0.05, 0) is 37.4 Å². The second kappa shape index (κ2) is 7.20. The zero-order chi connectivity index (χ0) is 18.8. The van der Waals surface area contributed by atoms with E-state index in [0.29, 0.717) is 11.4 Å². The smallest absolute Gasteiger partial charge is 0.354 e. The topological polar surface area (TPSA) is 85.4 Å². The van der Waals surface area contributed by atoms with Crippen molar-refractivity contribution in [3.05, 3.63) is 54.2 Å². The van der Waals surface area contributed by atoms with Crippen LogP contribution >= 0.6 is 0 Å². The third-order valence-corrected chi connectivity index (χ3v) is 4.85. The van der Waals surface area contributed by atoms with Crippen molar-refractivity contribution in [1.29, 1.82) is 0 Å². The summed E-state index contributed by atoms with van der Waals surface area (Å²) in [6.45, 7) is 4.22. The van der Waals surface area contributed by atoms with Gasteiger partial charge in [0.1, 0.15) is 5.69 Å². The highest BCUT2D eigenvalue weighted by Crippen LogP contribution is 2.25. The first-order chi connectivity index (χ1) is 13.1. The van der Waals surface area contributed by atoms with Crippen LogP contribution in [0.25, 0.3) is 22.6 Å². The number of aromatic nitrogens is 3. The first-order valence-electron chi connectivity index (χ1n) is 8.90. The summed E-state index contributed by atoms with van der Waals surface area (Å²) in [5.74, 6) is -1.05. The van der Waals surface area contributed by atoms with E-state index < -0.39 is 5.97 Å². The average molecular weight is 363 g/mol. The fourth-order valence-electron chi connectivity index (χ4n) is 3.21. The van der Waals surface area contributed by atoms with Gasteiger partial charge in [-0.3, -0.25) is 5.10 Å². The molecule has 3 aromatic rings. The first kappa shape index (κ1) is 17.2. The summed E-state index contributed by atoms with van der Waals surface area (Å²) < 4.78 is 0. The molecular weight excluding hydrogens is 342 g/mol. The number of hydrogen-bond donors (Lipinski definition) is 2. The number of piperazine rings is 1. The highest BCUT2D eigenvalue weighted by molar-refractivity contribution is 5.86. The summed E-state index contributed by atoms with van der Waals surface area (Å²) in [5, 5.41) is 16.4. The Hall–Kier alpha value is -3.19. The predicted molar refractivity (Wildman–Crippen MR) is 104 cm³/mol. The molecule has 0 spiro atoms. The quantitative estimate of drug-likeness (QED) is 0.741. The van der Waals surface area contributed by atoms with Crippen molar-refractivity contribution in [2.45, 2.75) is 0 Å². The number of benzene rings is 1. The van der Waals surface area contributed by atoms with Crippen LogP contribution in [0.2, 0.25) is 0 Å². The summed E-state index contributed by atoms with van der Waals surface area (Å²) in [7, 11) is 2.15. The third kappa shape index (κ3) is 3.68. The van der Waals surface area contributed by atoms with Gasteiger partial charge >= 0.3 is 5.97 Å². The summed E-state index contributed by atoms with van der Waals surface area (Å²) in [5.41, 5.74) is 4.29. The van der Waals surface area contributed by atoms with E-state index in [1.807, 2.05) is 6.07 Å². The van der Waals surface area contributed by atoms with Crippen molar-refractivity contribution in [2.75, 3.05) is 38.1 Å². The summed E-state index contributed by atoms with van der Waals surface area (Å²) >= 11 is 0. The van der Waals surface area contributed by atoms with Crippen molar-refractivity contribution in [3.8, 4) is 22.6 Å². The van der Waals surface area contributed by atoms with E-state index in [1.54, 1.807) is 12.1 Å². The average Bonchev–Trinajstić information content (AvgIpc) is 3.19. The van der Waals surface area contributed by atoms with Gasteiger partial charge in [0.25, 0.3) is 0 Å². The van der Waals surface area contributed by atoms with E-state index in [1.165, 1.54) is 11.8 Å². The molecule has 3 heterocycles. The number of nitrogens with zero attached hydrogens (tertiary/aromatic N) is 4. The molecule has 1 fully saturated rings. The molecule has 2 aromatic heterocycles. The number of carbonyl (C=O) groups is 1. The molecule has 1 aliphatic rings. The highest BCUT2D eigenvalue weighted by atomic mass is 16.4. The first-order valence-corrected chi connectivity index (χ1v) is 8.90. The lowest BCUT2D eigenvalue weighted by Gasteiger charge is -2.34. The van der Waals surface area contributed by atoms with Gasteiger partial charge < -0.3 is 14.9 Å². The van der Waals surface area contributed by atoms with Crippen molar-refractivity contribution in [1.82, 2.24) is 20.1 Å². The summed E-state index contributed by atoms with van der Waals surface area (Å²) in [6.07, 6.45) is 0. The molecule has 27 heavy (non-hydrogen) atoms. The minimum atomic E-state index is -1.05. The number of hydrogen-bond acceptors (Lipinski definition) is 5. The number of aromatic carboxylic acids is 1. The largest absolute Gasteiger partial charge is 0.477 e. The fourth-order valence-corrected chi connectivity index (χ4v) is 3.21. The maximum absolute atomic E-state index is 11.1. The second-order valence-electron chi connectivity index (χ2n) is 6.72. The molecule has 7 nitrogen and oxygen atoms in total. The van der Waals surface area contributed by atoms with Gasteiger partial charge in [0.2, 0.25) is 0 Å². The molecule has 0 atom stereocenters. The van der Waals surface area contributed by atoms with Crippen LogP contribution in [0, 0.1) is 0 Å². The van der Waals surface area contributed by atoms with E-state index >= 15 is 0 Å². The predicted octanol–water partition coefficient (Wildman–Crippen LogP) is 2.59. The molecule has 0 amide bonds. The van der Waals surface area contributed by atoms with Crippen molar-refractivity contribution in [2.24, 2.45) is 0 Å². The van der Waals surface area contributed by atoms with E-state index in [4.69, 9.17) is 5.11 Å². The summed E-state index contributed by atoms with van der Waals surface area (Å²) in [4.78, 5) is 20.0. The van der Waals surface area contributed by atoms with Gasteiger partial charge in [-0.1, -0.05) is 18.2 Å². The van der Waals surface area contributed by atoms with Gasteiger partial charge in [0.15, 0.2) is 0 Å². The molecule has 0 radical (unpaired) electrons. The number of carboxylic acid groups (broad SMARTS) is 1. The van der Waals surface area contributed by atoms with Crippen molar-refractivity contribution < 1.29 is 9.90 Å². The number of aromatic amines is 1. The van der Waals surface area contributed by atoms with Gasteiger partial charge in [-0.2, -0.15) is 5.10 Å². The van der Waals surface area contributed by atoms with Crippen molar-refractivity contribution >= 4 is 11.7 Å². The van der Waals surface area contributed by atoms with E-state index in [2.05, 4.69) is 56.3 Å². The van der Waals surface area contributed by atoms with Crippen molar-refractivity contribution in [3.63, 3.8) is 0 Å². The molecule has 0 bridgehead atoms. The number of likely N-dealkylation sites (N-methyl/N-ethyl adjacent to an activating group) is 1. The Morgan fingerprint density at radius 1 is 1.04 bits per heavy atom. The molecule has 7 heteroatoms. The van der Waals surface area contributed by atoms with Crippen LogP contribution in [0.4, 0.5) is 5.69 Å².